The van der Waals surface area contributed by atoms with Gasteiger partial charge in [0.15, 0.2) is 0 Å². The fraction of sp³-hybridized carbons (Fsp3) is 0.625. The lowest BCUT2D eigenvalue weighted by Gasteiger charge is -2.26. The van der Waals surface area contributed by atoms with Gasteiger partial charge in [-0.05, 0) is 65.4 Å². The predicted octanol–water partition coefficient (Wildman–Crippen LogP) is 4.19. The minimum absolute atomic E-state index is 0.493. The Hall–Kier alpha value is -0.540. The molecule has 1 fully saturated rings. The third-order valence-electron chi connectivity index (χ3n) is 4.07. The number of nitrogens with one attached hydrogen (secondary N) is 1. The van der Waals surface area contributed by atoms with Gasteiger partial charge in [0.25, 0.3) is 0 Å². The Morgan fingerprint density at radius 3 is 2.74 bits per heavy atom. The zero-order chi connectivity index (χ0) is 13.9. The first-order valence-electron chi connectivity index (χ1n) is 7.20. The summed E-state index contributed by atoms with van der Waals surface area (Å²) in [6.45, 7) is 8.04. The minimum Gasteiger partial charge on any atom is -0.371 e. The molecular formula is C16H25BrN2. The average molecular weight is 325 g/mol. The summed E-state index contributed by atoms with van der Waals surface area (Å²) in [5, 5.41) is 3.20. The lowest BCUT2D eigenvalue weighted by Crippen LogP contribution is -2.25. The summed E-state index contributed by atoms with van der Waals surface area (Å²) in [4.78, 5) is 2.53. The van der Waals surface area contributed by atoms with Crippen molar-refractivity contribution in [1.29, 1.82) is 0 Å². The molecule has 1 saturated heterocycles. The van der Waals surface area contributed by atoms with Crippen LogP contribution in [0.4, 0.5) is 5.69 Å². The van der Waals surface area contributed by atoms with Gasteiger partial charge in [0.1, 0.15) is 0 Å². The lowest BCUT2D eigenvalue weighted by atomic mass is 9.85. The Labute approximate surface area is 125 Å². The maximum atomic E-state index is 3.74. The summed E-state index contributed by atoms with van der Waals surface area (Å²) in [7, 11) is 1.98. The fourth-order valence-electron chi connectivity index (χ4n) is 2.78. The van der Waals surface area contributed by atoms with Crippen LogP contribution in [-0.2, 0) is 6.54 Å². The van der Waals surface area contributed by atoms with Crippen molar-refractivity contribution >= 4 is 21.6 Å². The highest BCUT2D eigenvalue weighted by atomic mass is 79.9. The molecule has 0 aliphatic carbocycles. The van der Waals surface area contributed by atoms with Crippen LogP contribution in [0.25, 0.3) is 0 Å². The Balaban J connectivity index is 2.13. The van der Waals surface area contributed by atoms with Crippen molar-refractivity contribution in [2.24, 2.45) is 5.41 Å². The van der Waals surface area contributed by atoms with Crippen LogP contribution in [0, 0.1) is 5.41 Å². The number of hydrogen-bond donors (Lipinski definition) is 1. The SMILES string of the molecule is CNCc1ccc(N2CCCC(C)(C)CC2)c(Br)c1. The summed E-state index contributed by atoms with van der Waals surface area (Å²) < 4.78 is 1.22. The highest BCUT2D eigenvalue weighted by Gasteiger charge is 2.23. The molecule has 19 heavy (non-hydrogen) atoms. The lowest BCUT2D eigenvalue weighted by molar-refractivity contribution is 0.325. The topological polar surface area (TPSA) is 15.3 Å². The molecule has 1 aliphatic heterocycles. The predicted molar refractivity (Wildman–Crippen MR) is 86.8 cm³/mol. The van der Waals surface area contributed by atoms with Crippen LogP contribution in [0.2, 0.25) is 0 Å². The van der Waals surface area contributed by atoms with Gasteiger partial charge in [-0.25, -0.2) is 0 Å². The van der Waals surface area contributed by atoms with E-state index in [9.17, 15) is 0 Å². The fourth-order valence-corrected chi connectivity index (χ4v) is 3.46. The molecule has 1 N–H and O–H groups in total. The zero-order valence-corrected chi connectivity index (χ0v) is 13.9. The van der Waals surface area contributed by atoms with Gasteiger partial charge in [-0.3, -0.25) is 0 Å². The molecule has 106 valence electrons. The van der Waals surface area contributed by atoms with Crippen molar-refractivity contribution in [3.63, 3.8) is 0 Å². The van der Waals surface area contributed by atoms with Gasteiger partial charge in [0.2, 0.25) is 0 Å². The van der Waals surface area contributed by atoms with Crippen molar-refractivity contribution < 1.29 is 0 Å². The molecule has 3 heteroatoms. The molecule has 2 nitrogen and oxygen atoms in total. The van der Waals surface area contributed by atoms with Crippen LogP contribution in [-0.4, -0.2) is 20.1 Å². The normalized spacial score (nSPS) is 19.3. The van der Waals surface area contributed by atoms with Crippen molar-refractivity contribution in [2.75, 3.05) is 25.0 Å². The van der Waals surface area contributed by atoms with Gasteiger partial charge in [0, 0.05) is 24.1 Å². The number of nitrogens with zero attached hydrogens (tertiary/aromatic N) is 1. The highest BCUT2D eigenvalue weighted by Crippen LogP contribution is 2.34. The average Bonchev–Trinajstić information content (AvgIpc) is 2.51. The molecule has 1 aromatic carbocycles. The van der Waals surface area contributed by atoms with Gasteiger partial charge in [-0.15, -0.1) is 0 Å². The molecule has 1 heterocycles. The second-order valence-corrected chi connectivity index (χ2v) is 7.18. The van der Waals surface area contributed by atoms with Crippen LogP contribution in [0.1, 0.15) is 38.7 Å². The molecular weight excluding hydrogens is 300 g/mol. The Bertz CT molecular complexity index is 429. The van der Waals surface area contributed by atoms with E-state index in [1.165, 1.54) is 41.5 Å². The van der Waals surface area contributed by atoms with Crippen molar-refractivity contribution in [1.82, 2.24) is 5.32 Å². The quantitative estimate of drug-likeness (QED) is 0.897. The molecule has 1 aliphatic rings. The Morgan fingerprint density at radius 1 is 1.26 bits per heavy atom. The minimum atomic E-state index is 0.493. The summed E-state index contributed by atoms with van der Waals surface area (Å²) >= 11 is 3.74. The highest BCUT2D eigenvalue weighted by molar-refractivity contribution is 9.10. The standard InChI is InChI=1S/C16H25BrN2/c1-16(2)7-4-9-19(10-8-16)15-6-5-13(12-18-3)11-14(15)17/h5-6,11,18H,4,7-10,12H2,1-3H3. The molecule has 0 bridgehead atoms. The van der Waals surface area contributed by atoms with Crippen molar-refractivity contribution in [3.05, 3.63) is 28.2 Å². The smallest absolute Gasteiger partial charge is 0.0510 e. The van der Waals surface area contributed by atoms with E-state index in [4.69, 9.17) is 0 Å². The third kappa shape index (κ3) is 3.96. The van der Waals surface area contributed by atoms with E-state index in [2.05, 4.69) is 58.2 Å². The van der Waals surface area contributed by atoms with Gasteiger partial charge < -0.3 is 10.2 Å². The molecule has 0 unspecified atom stereocenters. The van der Waals surface area contributed by atoms with Crippen LogP contribution in [0.5, 0.6) is 0 Å². The molecule has 0 amide bonds. The van der Waals surface area contributed by atoms with E-state index in [0.29, 0.717) is 5.41 Å². The summed E-state index contributed by atoms with van der Waals surface area (Å²) in [5.74, 6) is 0. The Kier molecular flexibility index (Phi) is 4.91. The number of halogens is 1. The maximum Gasteiger partial charge on any atom is 0.0510 e. The largest absolute Gasteiger partial charge is 0.371 e. The molecule has 0 saturated carbocycles. The number of rotatable bonds is 3. The summed E-state index contributed by atoms with van der Waals surface area (Å²) in [6, 6.07) is 6.73. The molecule has 0 radical (unpaired) electrons. The van der Waals surface area contributed by atoms with Gasteiger partial charge in [0.05, 0.1) is 5.69 Å². The second-order valence-electron chi connectivity index (χ2n) is 6.32. The van der Waals surface area contributed by atoms with Crippen molar-refractivity contribution in [3.8, 4) is 0 Å². The van der Waals surface area contributed by atoms with E-state index in [1.807, 2.05) is 7.05 Å². The number of hydrogen-bond acceptors (Lipinski definition) is 2. The first-order chi connectivity index (χ1) is 9.02. The van der Waals surface area contributed by atoms with Gasteiger partial charge in [-0.1, -0.05) is 19.9 Å². The summed E-state index contributed by atoms with van der Waals surface area (Å²) in [6.07, 6.45) is 3.90. The monoisotopic (exact) mass is 324 g/mol. The first kappa shape index (κ1) is 14.9. The van der Waals surface area contributed by atoms with Gasteiger partial charge >= 0.3 is 0 Å². The zero-order valence-electron chi connectivity index (χ0n) is 12.3. The number of anilines is 1. The molecule has 0 atom stereocenters. The molecule has 2 rings (SSSR count). The van der Waals surface area contributed by atoms with Crippen LogP contribution < -0.4 is 10.2 Å². The van der Waals surface area contributed by atoms with Crippen LogP contribution >= 0.6 is 15.9 Å². The first-order valence-corrected chi connectivity index (χ1v) is 7.99. The van der Waals surface area contributed by atoms with E-state index < -0.39 is 0 Å². The van der Waals surface area contributed by atoms with E-state index in [1.54, 1.807) is 0 Å². The molecule has 1 aromatic rings. The van der Waals surface area contributed by atoms with E-state index in [0.717, 1.165) is 13.1 Å². The van der Waals surface area contributed by atoms with Crippen LogP contribution in [0.15, 0.2) is 22.7 Å². The van der Waals surface area contributed by atoms with E-state index >= 15 is 0 Å². The second kappa shape index (κ2) is 6.27. The summed E-state index contributed by atoms with van der Waals surface area (Å²) in [5.41, 5.74) is 3.17. The Morgan fingerprint density at radius 2 is 2.05 bits per heavy atom. The molecule has 0 spiro atoms. The van der Waals surface area contributed by atoms with E-state index in [-0.39, 0.29) is 0 Å². The number of benzene rings is 1. The molecule has 0 aromatic heterocycles. The maximum absolute atomic E-state index is 3.74. The van der Waals surface area contributed by atoms with Gasteiger partial charge in [-0.2, -0.15) is 0 Å². The van der Waals surface area contributed by atoms with Crippen LogP contribution in [0.3, 0.4) is 0 Å². The third-order valence-corrected chi connectivity index (χ3v) is 4.71. The van der Waals surface area contributed by atoms with Crippen molar-refractivity contribution in [2.45, 2.75) is 39.7 Å².